The molecule has 32 heavy (non-hydrogen) atoms. The minimum atomic E-state index is -0.619. The highest BCUT2D eigenvalue weighted by molar-refractivity contribution is 6.30. The van der Waals surface area contributed by atoms with Crippen molar-refractivity contribution >= 4 is 17.4 Å². The summed E-state index contributed by atoms with van der Waals surface area (Å²) in [7, 11) is 0. The number of halogens is 2. The number of nitrogen functional groups attached to an aromatic ring is 1. The van der Waals surface area contributed by atoms with E-state index < -0.39 is 5.82 Å². The number of nitrogens with one attached hydrogen (secondary N) is 1. The summed E-state index contributed by atoms with van der Waals surface area (Å²) in [4.78, 5) is 4.33. The molecule has 9 nitrogen and oxygen atoms in total. The molecule has 2 saturated heterocycles. The zero-order chi connectivity index (χ0) is 21.8. The molecular weight excluding hydrogens is 433 g/mol. The van der Waals surface area contributed by atoms with Crippen molar-refractivity contribution < 1.29 is 4.39 Å². The van der Waals surface area contributed by atoms with Crippen LogP contribution in [-0.4, -0.2) is 47.1 Å². The molecule has 3 N–H and O–H groups in total. The molecule has 4 aromatic rings. The second-order valence-corrected chi connectivity index (χ2v) is 8.61. The van der Waals surface area contributed by atoms with E-state index in [-0.39, 0.29) is 22.4 Å². The Kier molecular flexibility index (Phi) is 4.44. The molecule has 2 aliphatic rings. The average Bonchev–Trinajstić information content (AvgIpc) is 3.59. The van der Waals surface area contributed by atoms with Crippen LogP contribution in [0.1, 0.15) is 25.3 Å². The number of hydrogen-bond acceptors (Lipinski definition) is 7. The molecule has 0 aliphatic carbocycles. The summed E-state index contributed by atoms with van der Waals surface area (Å²) in [5.74, 6) is -0.120. The van der Waals surface area contributed by atoms with E-state index >= 15 is 0 Å². The van der Waals surface area contributed by atoms with Gasteiger partial charge >= 0.3 is 0 Å². The molecular formula is C21H19ClFN9. The number of nitrogens with two attached hydrogens (primary N) is 1. The van der Waals surface area contributed by atoms with Crippen LogP contribution in [0, 0.1) is 5.82 Å². The summed E-state index contributed by atoms with van der Waals surface area (Å²) in [6.45, 7) is 0. The van der Waals surface area contributed by atoms with E-state index in [9.17, 15) is 4.39 Å². The average molecular weight is 452 g/mol. The number of fused-ring (bicyclic) bond motifs is 2. The highest BCUT2D eigenvalue weighted by Crippen LogP contribution is 2.37. The van der Waals surface area contributed by atoms with E-state index in [1.54, 1.807) is 18.3 Å². The van der Waals surface area contributed by atoms with E-state index in [4.69, 9.17) is 17.3 Å². The zero-order valence-corrected chi connectivity index (χ0v) is 17.6. The van der Waals surface area contributed by atoms with Gasteiger partial charge in [-0.15, -0.1) is 5.10 Å². The van der Waals surface area contributed by atoms with E-state index in [0.717, 1.165) is 17.5 Å². The van der Waals surface area contributed by atoms with Gasteiger partial charge in [0.1, 0.15) is 11.5 Å². The predicted molar refractivity (Wildman–Crippen MR) is 117 cm³/mol. The second-order valence-electron chi connectivity index (χ2n) is 8.20. The monoisotopic (exact) mass is 451 g/mol. The molecule has 162 valence electrons. The van der Waals surface area contributed by atoms with Crippen LogP contribution in [0.5, 0.6) is 0 Å². The van der Waals surface area contributed by atoms with Crippen LogP contribution in [0.4, 0.5) is 10.2 Å². The number of rotatable bonds is 4. The van der Waals surface area contributed by atoms with Gasteiger partial charge < -0.3 is 11.1 Å². The number of anilines is 1. The summed E-state index contributed by atoms with van der Waals surface area (Å²) in [5.41, 5.74) is 8.49. The number of tetrazole rings is 1. The molecule has 2 bridgehead atoms. The van der Waals surface area contributed by atoms with E-state index in [2.05, 4.69) is 30.9 Å². The van der Waals surface area contributed by atoms with E-state index in [1.165, 1.54) is 23.6 Å². The Morgan fingerprint density at radius 2 is 2.09 bits per heavy atom. The molecule has 2 fully saturated rings. The van der Waals surface area contributed by atoms with Gasteiger partial charge in [-0.3, -0.25) is 4.68 Å². The van der Waals surface area contributed by atoms with Gasteiger partial charge in [-0.2, -0.15) is 9.78 Å². The number of hydrogen-bond donors (Lipinski definition) is 2. The third kappa shape index (κ3) is 3.06. The molecule has 0 radical (unpaired) electrons. The SMILES string of the molecule is Nc1ncc(-c2cnn(C3CC4CCC3N4)c2)cc1-c1nnnn1-c1cccc(Cl)c1F. The first-order chi connectivity index (χ1) is 15.6. The number of nitrogens with zero attached hydrogens (tertiary/aromatic N) is 7. The van der Waals surface area contributed by atoms with Gasteiger partial charge in [-0.05, 0) is 47.9 Å². The van der Waals surface area contributed by atoms with Crippen LogP contribution in [0.15, 0.2) is 42.9 Å². The molecule has 3 atom stereocenters. The Morgan fingerprint density at radius 3 is 2.91 bits per heavy atom. The quantitative estimate of drug-likeness (QED) is 0.490. The highest BCUT2D eigenvalue weighted by Gasteiger charge is 2.40. The van der Waals surface area contributed by atoms with Crippen molar-refractivity contribution in [3.05, 3.63) is 53.7 Å². The topological polar surface area (TPSA) is 112 Å². The lowest BCUT2D eigenvalue weighted by atomic mass is 9.96. The predicted octanol–water partition coefficient (Wildman–Crippen LogP) is 3.03. The van der Waals surface area contributed by atoms with Gasteiger partial charge in [-0.1, -0.05) is 17.7 Å². The Morgan fingerprint density at radius 1 is 1.19 bits per heavy atom. The molecule has 0 amide bonds. The molecule has 1 aromatic carbocycles. The first-order valence-corrected chi connectivity index (χ1v) is 10.8. The number of pyridine rings is 1. The van der Waals surface area contributed by atoms with Gasteiger partial charge in [0.05, 0.1) is 22.8 Å². The van der Waals surface area contributed by atoms with Crippen LogP contribution in [-0.2, 0) is 0 Å². The molecule has 11 heteroatoms. The van der Waals surface area contributed by atoms with E-state index in [1.807, 2.05) is 23.1 Å². The van der Waals surface area contributed by atoms with Crippen molar-refractivity contribution in [1.29, 1.82) is 0 Å². The molecule has 2 aliphatic heterocycles. The maximum absolute atomic E-state index is 14.6. The summed E-state index contributed by atoms with van der Waals surface area (Å²) >= 11 is 5.94. The van der Waals surface area contributed by atoms with Crippen LogP contribution in [0.3, 0.4) is 0 Å². The van der Waals surface area contributed by atoms with Crippen LogP contribution in [0.25, 0.3) is 28.2 Å². The van der Waals surface area contributed by atoms with Gasteiger partial charge in [-0.25, -0.2) is 9.37 Å². The Bertz CT molecular complexity index is 1320. The normalized spacial score (nSPS) is 22.0. The molecule has 0 spiro atoms. The molecule has 0 saturated carbocycles. The first-order valence-electron chi connectivity index (χ1n) is 10.4. The third-order valence-corrected chi connectivity index (χ3v) is 6.62. The lowest BCUT2D eigenvalue weighted by Gasteiger charge is -2.20. The maximum Gasteiger partial charge on any atom is 0.190 e. The lowest BCUT2D eigenvalue weighted by molar-refractivity contribution is 0.367. The maximum atomic E-state index is 14.6. The van der Waals surface area contributed by atoms with Crippen molar-refractivity contribution in [2.45, 2.75) is 37.4 Å². The minimum Gasteiger partial charge on any atom is -0.383 e. The zero-order valence-electron chi connectivity index (χ0n) is 16.9. The fourth-order valence-corrected chi connectivity index (χ4v) is 4.91. The minimum absolute atomic E-state index is 0.0219. The van der Waals surface area contributed by atoms with Crippen molar-refractivity contribution in [1.82, 2.24) is 40.3 Å². The Hall–Kier alpha value is -3.37. The van der Waals surface area contributed by atoms with Crippen molar-refractivity contribution in [3.8, 4) is 28.2 Å². The van der Waals surface area contributed by atoms with Gasteiger partial charge in [0, 0.05) is 35.6 Å². The second kappa shape index (κ2) is 7.35. The standard InChI is InChI=1S/C21H19ClFN9/c22-15-2-1-3-17(19(15)23)32-21(28-29-30-32)14-6-11(8-25-20(14)24)12-9-26-31(10-12)18-7-13-4-5-16(18)27-13/h1-3,6,8-10,13,16,18,27H,4-5,7H2,(H2,24,25). The van der Waals surface area contributed by atoms with E-state index in [0.29, 0.717) is 23.7 Å². The largest absolute Gasteiger partial charge is 0.383 e. The summed E-state index contributed by atoms with van der Waals surface area (Å²) < 4.78 is 17.9. The highest BCUT2D eigenvalue weighted by atomic mass is 35.5. The third-order valence-electron chi connectivity index (χ3n) is 6.33. The van der Waals surface area contributed by atoms with Gasteiger partial charge in [0.2, 0.25) is 0 Å². The Labute approximate surface area is 187 Å². The van der Waals surface area contributed by atoms with Gasteiger partial charge in [0.15, 0.2) is 11.6 Å². The fourth-order valence-electron chi connectivity index (χ4n) is 4.74. The van der Waals surface area contributed by atoms with Crippen molar-refractivity contribution in [2.75, 3.05) is 5.73 Å². The van der Waals surface area contributed by atoms with Gasteiger partial charge in [0.25, 0.3) is 0 Å². The molecule has 3 unspecified atom stereocenters. The molecule has 6 rings (SSSR count). The number of aromatic nitrogens is 7. The van der Waals surface area contributed by atoms with Crippen molar-refractivity contribution in [3.63, 3.8) is 0 Å². The smallest absolute Gasteiger partial charge is 0.190 e. The summed E-state index contributed by atoms with van der Waals surface area (Å²) in [5, 5.41) is 19.9. The fraction of sp³-hybridized carbons (Fsp3) is 0.286. The molecule has 5 heterocycles. The van der Waals surface area contributed by atoms with Crippen LogP contribution < -0.4 is 11.1 Å². The van der Waals surface area contributed by atoms with Crippen molar-refractivity contribution in [2.24, 2.45) is 0 Å². The number of benzene rings is 1. The Balaban J connectivity index is 1.38. The molecule has 3 aromatic heterocycles. The summed E-state index contributed by atoms with van der Waals surface area (Å²) in [6.07, 6.45) is 9.06. The summed E-state index contributed by atoms with van der Waals surface area (Å²) in [6, 6.07) is 7.91. The van der Waals surface area contributed by atoms with Crippen LogP contribution >= 0.6 is 11.6 Å². The first kappa shape index (κ1) is 19.3. The lowest BCUT2D eigenvalue weighted by Crippen LogP contribution is -2.25. The van der Waals surface area contributed by atoms with Crippen LogP contribution in [0.2, 0.25) is 5.02 Å².